The van der Waals surface area contributed by atoms with Gasteiger partial charge in [-0.2, -0.15) is 4.98 Å². The predicted molar refractivity (Wildman–Crippen MR) is 106 cm³/mol. The molecule has 4 rings (SSSR count). The van der Waals surface area contributed by atoms with Gasteiger partial charge in [-0.1, -0.05) is 12.1 Å². The van der Waals surface area contributed by atoms with Crippen LogP contribution in [0.25, 0.3) is 11.1 Å². The van der Waals surface area contributed by atoms with E-state index < -0.39 is 5.91 Å². The third kappa shape index (κ3) is 4.14. The van der Waals surface area contributed by atoms with Crippen LogP contribution in [0, 0.1) is 5.82 Å². The molecule has 3 N–H and O–H groups in total. The molecule has 1 amide bonds. The largest absolute Gasteiger partial charge is 0.424 e. The highest BCUT2D eigenvalue weighted by molar-refractivity contribution is 5.92. The number of rotatable bonds is 6. The number of halogens is 1. The van der Waals surface area contributed by atoms with Gasteiger partial charge in [0.15, 0.2) is 5.58 Å². The van der Waals surface area contributed by atoms with Gasteiger partial charge < -0.3 is 20.4 Å². The average Bonchev–Trinajstić information content (AvgIpc) is 3.10. The number of carbonyl (C=O) groups is 1. The summed E-state index contributed by atoms with van der Waals surface area (Å²) in [6.07, 6.45) is 2.47. The van der Waals surface area contributed by atoms with Crippen molar-refractivity contribution in [2.45, 2.75) is 25.3 Å². The van der Waals surface area contributed by atoms with Crippen LogP contribution < -0.4 is 11.1 Å². The van der Waals surface area contributed by atoms with Crippen molar-refractivity contribution in [3.05, 3.63) is 59.4 Å². The van der Waals surface area contributed by atoms with E-state index in [9.17, 15) is 9.18 Å². The lowest BCUT2D eigenvalue weighted by molar-refractivity contribution is 0.1000. The molecule has 1 aliphatic rings. The standard InChI is InChI=1S/C21H23FN4O2/c22-17-6-5-15(20(23)27)13-14(17)7-10-26-11-8-16(9-12-26)24-21-25-18-3-1-2-4-19(18)28-21/h1-6,13,16H,7-12H2,(H2,23,27)(H,24,25). The zero-order valence-electron chi connectivity index (χ0n) is 15.5. The Balaban J connectivity index is 1.28. The lowest BCUT2D eigenvalue weighted by Gasteiger charge is -2.32. The summed E-state index contributed by atoms with van der Waals surface area (Å²) in [5, 5.41) is 3.38. The first kappa shape index (κ1) is 18.4. The average molecular weight is 382 g/mol. The molecule has 7 heteroatoms. The van der Waals surface area contributed by atoms with Gasteiger partial charge >= 0.3 is 0 Å². The predicted octanol–water partition coefficient (Wildman–Crippen LogP) is 3.18. The molecule has 0 bridgehead atoms. The van der Waals surface area contributed by atoms with E-state index in [0.29, 0.717) is 29.6 Å². The maximum absolute atomic E-state index is 14.0. The van der Waals surface area contributed by atoms with Crippen LogP contribution >= 0.6 is 0 Å². The maximum Gasteiger partial charge on any atom is 0.295 e. The van der Waals surface area contributed by atoms with E-state index in [1.807, 2.05) is 24.3 Å². The highest BCUT2D eigenvalue weighted by Crippen LogP contribution is 2.21. The molecule has 1 saturated heterocycles. The molecule has 0 unspecified atom stereocenters. The van der Waals surface area contributed by atoms with Crippen LogP contribution in [0.1, 0.15) is 28.8 Å². The van der Waals surface area contributed by atoms with E-state index in [1.54, 1.807) is 6.07 Å². The van der Waals surface area contributed by atoms with Gasteiger partial charge in [-0.15, -0.1) is 0 Å². The van der Waals surface area contributed by atoms with Crippen LogP contribution in [0.2, 0.25) is 0 Å². The van der Waals surface area contributed by atoms with Gasteiger partial charge in [-0.05, 0) is 55.2 Å². The number of likely N-dealkylation sites (tertiary alicyclic amines) is 1. The van der Waals surface area contributed by atoms with Gasteiger partial charge in [0.1, 0.15) is 11.3 Å². The Labute approximate surface area is 162 Å². The molecule has 6 nitrogen and oxygen atoms in total. The number of para-hydroxylation sites is 2. The van der Waals surface area contributed by atoms with Gasteiger partial charge in [0, 0.05) is 31.2 Å². The van der Waals surface area contributed by atoms with Crippen molar-refractivity contribution in [3.8, 4) is 0 Å². The molecule has 1 fully saturated rings. The molecule has 0 radical (unpaired) electrons. The minimum absolute atomic E-state index is 0.294. The number of nitrogens with two attached hydrogens (primary N) is 1. The number of nitrogens with zero attached hydrogens (tertiary/aromatic N) is 2. The van der Waals surface area contributed by atoms with Crippen LogP contribution in [0.15, 0.2) is 46.9 Å². The molecule has 1 aromatic heterocycles. The number of primary amides is 1. The number of nitrogens with one attached hydrogen (secondary N) is 1. The number of fused-ring (bicyclic) bond motifs is 1. The summed E-state index contributed by atoms with van der Waals surface area (Å²) >= 11 is 0. The third-order valence-electron chi connectivity index (χ3n) is 5.24. The molecule has 0 atom stereocenters. The van der Waals surface area contributed by atoms with Crippen molar-refractivity contribution in [1.82, 2.24) is 9.88 Å². The fourth-order valence-electron chi connectivity index (χ4n) is 3.61. The molecule has 0 aliphatic carbocycles. The second kappa shape index (κ2) is 7.98. The van der Waals surface area contributed by atoms with Gasteiger partial charge in [-0.3, -0.25) is 4.79 Å². The minimum atomic E-state index is -0.535. The first-order valence-corrected chi connectivity index (χ1v) is 9.51. The summed E-state index contributed by atoms with van der Waals surface area (Å²) in [5.41, 5.74) is 7.79. The topological polar surface area (TPSA) is 84.4 Å². The SMILES string of the molecule is NC(=O)c1ccc(F)c(CCN2CCC(Nc3nc4ccccc4o3)CC2)c1. The number of oxazole rings is 1. The van der Waals surface area contributed by atoms with Gasteiger partial charge in [-0.25, -0.2) is 4.39 Å². The minimum Gasteiger partial charge on any atom is -0.424 e. The van der Waals surface area contributed by atoms with E-state index in [0.717, 1.165) is 43.6 Å². The van der Waals surface area contributed by atoms with E-state index in [-0.39, 0.29) is 5.82 Å². The van der Waals surface area contributed by atoms with Crippen LogP contribution in [-0.2, 0) is 6.42 Å². The molecule has 2 aromatic carbocycles. The highest BCUT2D eigenvalue weighted by atomic mass is 19.1. The summed E-state index contributed by atoms with van der Waals surface area (Å²) in [5.74, 6) is -0.829. The Bertz CT molecular complexity index is 946. The smallest absolute Gasteiger partial charge is 0.295 e. The first-order valence-electron chi connectivity index (χ1n) is 9.51. The van der Waals surface area contributed by atoms with E-state index in [4.69, 9.17) is 10.2 Å². The number of benzene rings is 2. The van der Waals surface area contributed by atoms with Crippen molar-refractivity contribution in [2.75, 3.05) is 25.0 Å². The molecule has 3 aromatic rings. The van der Waals surface area contributed by atoms with Gasteiger partial charge in [0.25, 0.3) is 6.01 Å². The Morgan fingerprint density at radius 3 is 2.79 bits per heavy atom. The molecule has 1 aliphatic heterocycles. The van der Waals surface area contributed by atoms with Crippen LogP contribution in [0.3, 0.4) is 0 Å². The number of piperidine rings is 1. The van der Waals surface area contributed by atoms with E-state index >= 15 is 0 Å². The molecule has 0 spiro atoms. The zero-order valence-corrected chi connectivity index (χ0v) is 15.5. The lowest BCUT2D eigenvalue weighted by Crippen LogP contribution is -2.40. The summed E-state index contributed by atoms with van der Waals surface area (Å²) in [7, 11) is 0. The molecule has 0 saturated carbocycles. The fraction of sp³-hybridized carbons (Fsp3) is 0.333. The van der Waals surface area contributed by atoms with E-state index in [1.165, 1.54) is 12.1 Å². The Hall–Kier alpha value is -2.93. The maximum atomic E-state index is 14.0. The monoisotopic (exact) mass is 382 g/mol. The molecular weight excluding hydrogens is 359 g/mol. The van der Waals surface area contributed by atoms with Crippen LogP contribution in [0.5, 0.6) is 0 Å². The number of hydrogen-bond acceptors (Lipinski definition) is 5. The first-order chi connectivity index (χ1) is 13.6. The Morgan fingerprint density at radius 2 is 2.04 bits per heavy atom. The summed E-state index contributed by atoms with van der Waals surface area (Å²) in [6, 6.07) is 12.9. The number of hydrogen-bond donors (Lipinski definition) is 2. The zero-order chi connectivity index (χ0) is 19.5. The van der Waals surface area contributed by atoms with Gasteiger partial charge in [0.2, 0.25) is 5.91 Å². The second-order valence-electron chi connectivity index (χ2n) is 7.17. The summed E-state index contributed by atoms with van der Waals surface area (Å²) < 4.78 is 19.7. The highest BCUT2D eigenvalue weighted by Gasteiger charge is 2.21. The number of anilines is 1. The van der Waals surface area contributed by atoms with Crippen molar-refractivity contribution in [3.63, 3.8) is 0 Å². The Morgan fingerprint density at radius 1 is 1.25 bits per heavy atom. The third-order valence-corrected chi connectivity index (χ3v) is 5.24. The van der Waals surface area contributed by atoms with E-state index in [2.05, 4.69) is 15.2 Å². The van der Waals surface area contributed by atoms with Crippen molar-refractivity contribution >= 4 is 23.0 Å². The number of amides is 1. The molecule has 2 heterocycles. The summed E-state index contributed by atoms with van der Waals surface area (Å²) in [6.45, 7) is 2.57. The molecule has 146 valence electrons. The van der Waals surface area contributed by atoms with Crippen molar-refractivity contribution in [1.29, 1.82) is 0 Å². The van der Waals surface area contributed by atoms with Crippen LogP contribution in [-0.4, -0.2) is 41.5 Å². The molecular formula is C21H23FN4O2. The normalized spacial score (nSPS) is 15.8. The quantitative estimate of drug-likeness (QED) is 0.684. The Kier molecular flexibility index (Phi) is 5.25. The number of carbonyl (C=O) groups excluding carboxylic acids is 1. The van der Waals surface area contributed by atoms with Crippen molar-refractivity contribution < 1.29 is 13.6 Å². The molecule has 28 heavy (non-hydrogen) atoms. The fourth-order valence-corrected chi connectivity index (χ4v) is 3.61. The van der Waals surface area contributed by atoms with Crippen molar-refractivity contribution in [2.24, 2.45) is 5.73 Å². The number of aromatic nitrogens is 1. The second-order valence-corrected chi connectivity index (χ2v) is 7.17. The van der Waals surface area contributed by atoms with Gasteiger partial charge in [0.05, 0.1) is 0 Å². The summed E-state index contributed by atoms with van der Waals surface area (Å²) in [4.78, 5) is 18.1. The van der Waals surface area contributed by atoms with Crippen LogP contribution in [0.4, 0.5) is 10.4 Å². The lowest BCUT2D eigenvalue weighted by atomic mass is 10.0.